The highest BCUT2D eigenvalue weighted by Crippen LogP contribution is 2.27. The number of hydrogen-bond donors (Lipinski definition) is 1. The molecule has 0 amide bonds. The number of rotatable bonds is 2. The third kappa shape index (κ3) is 4.65. The molecule has 1 aliphatic rings. The Morgan fingerprint density at radius 1 is 1.44 bits per heavy atom. The third-order valence-corrected chi connectivity index (χ3v) is 2.69. The Bertz CT molecular complexity index is 343. The van der Waals surface area contributed by atoms with Gasteiger partial charge in [0.05, 0.1) is 11.1 Å². The lowest BCUT2D eigenvalue weighted by molar-refractivity contribution is -0.150. The summed E-state index contributed by atoms with van der Waals surface area (Å²) in [7, 11) is 1.86. The van der Waals surface area contributed by atoms with Gasteiger partial charge in [0.15, 0.2) is 0 Å². The molecule has 18 heavy (non-hydrogen) atoms. The first-order valence-corrected chi connectivity index (χ1v) is 6.58. The van der Waals surface area contributed by atoms with E-state index in [-0.39, 0.29) is 12.9 Å². The van der Waals surface area contributed by atoms with E-state index in [1.165, 1.54) is 0 Å². The fourth-order valence-electron chi connectivity index (χ4n) is 1.62. The molecule has 0 fully saturated rings. The van der Waals surface area contributed by atoms with Crippen molar-refractivity contribution in [1.82, 2.24) is 5.32 Å². The number of hydrogen-bond acceptors (Lipinski definition) is 3. The summed E-state index contributed by atoms with van der Waals surface area (Å²) in [6.45, 7) is 11.6. The molecule has 0 saturated heterocycles. The van der Waals surface area contributed by atoms with Gasteiger partial charge in [0.1, 0.15) is 5.60 Å². The van der Waals surface area contributed by atoms with Crippen molar-refractivity contribution in [2.24, 2.45) is 0 Å². The van der Waals surface area contributed by atoms with Crippen LogP contribution < -0.4 is 5.32 Å². The molecule has 1 aliphatic carbocycles. The molecule has 1 N–H and O–H groups in total. The fraction of sp³-hybridized carbons (Fsp3) is 0.667. The van der Waals surface area contributed by atoms with Crippen molar-refractivity contribution < 1.29 is 11.0 Å². The minimum atomic E-state index is -0.451. The van der Waals surface area contributed by atoms with E-state index >= 15 is 0 Å². The molecule has 0 aliphatic heterocycles. The molecule has 3 nitrogen and oxygen atoms in total. The maximum atomic E-state index is 12.0. The predicted molar refractivity (Wildman–Crippen MR) is 78.6 cm³/mol. The number of carbonyl (C=O) groups excluding carboxylic acids is 1. The molecule has 106 valence electrons. The first-order chi connectivity index (χ1) is 8.28. The van der Waals surface area contributed by atoms with Crippen LogP contribution in [0.5, 0.6) is 0 Å². The molecule has 0 spiro atoms. The van der Waals surface area contributed by atoms with Crippen molar-refractivity contribution in [3.8, 4) is 0 Å². The second-order valence-electron chi connectivity index (χ2n) is 5.30. The van der Waals surface area contributed by atoms with Gasteiger partial charge in [0.2, 0.25) is 0 Å². The molecule has 1 rings (SSSR count). The van der Waals surface area contributed by atoms with Crippen molar-refractivity contribution in [3.05, 3.63) is 23.8 Å². The number of allylic oxidation sites excluding steroid dienone is 2. The lowest BCUT2D eigenvalue weighted by Crippen LogP contribution is -2.46. The highest BCUT2D eigenvalue weighted by Gasteiger charge is 2.34. The Morgan fingerprint density at radius 2 is 2.00 bits per heavy atom. The Labute approximate surface area is 113 Å². The van der Waals surface area contributed by atoms with Crippen molar-refractivity contribution in [2.45, 2.75) is 59.1 Å². The van der Waals surface area contributed by atoms with Gasteiger partial charge < -0.3 is 10.1 Å². The summed E-state index contributed by atoms with van der Waals surface area (Å²) in [6.07, 6.45) is 6.57. The van der Waals surface area contributed by atoms with Gasteiger partial charge in [-0.05, 0) is 41.2 Å². The van der Waals surface area contributed by atoms with Crippen LogP contribution >= 0.6 is 0 Å². The maximum Gasteiger partial charge on any atom is 0.336 e. The number of esters is 1. The van der Waals surface area contributed by atoms with E-state index in [1.807, 2.05) is 66.8 Å². The summed E-state index contributed by atoms with van der Waals surface area (Å²) in [6, 6.07) is 0. The highest BCUT2D eigenvalue weighted by atomic mass is 16.6. The first-order valence-electron chi connectivity index (χ1n) is 6.58. The Balaban J connectivity index is 0. The lowest BCUT2D eigenvalue weighted by Gasteiger charge is -2.33. The number of nitrogens with one attached hydrogen (secondary N) is 1. The zero-order chi connectivity index (χ0) is 14.4. The molecule has 0 aromatic heterocycles. The predicted octanol–water partition coefficient (Wildman–Crippen LogP) is 3.46. The molecular weight excluding hydrogens is 226 g/mol. The zero-order valence-corrected chi connectivity index (χ0v) is 12.8. The molecule has 0 bridgehead atoms. The van der Waals surface area contributed by atoms with Crippen LogP contribution in [-0.2, 0) is 9.53 Å². The molecule has 3 heteroatoms. The maximum absolute atomic E-state index is 12.0. The van der Waals surface area contributed by atoms with Gasteiger partial charge in [0.25, 0.3) is 0 Å². The van der Waals surface area contributed by atoms with E-state index in [4.69, 9.17) is 4.74 Å². The first kappa shape index (κ1) is 16.9. The van der Waals surface area contributed by atoms with Crippen LogP contribution in [-0.4, -0.2) is 24.2 Å². The second kappa shape index (κ2) is 6.74. The molecule has 1 atom stereocenters. The zero-order valence-electron chi connectivity index (χ0n) is 12.8. The van der Waals surface area contributed by atoms with Gasteiger partial charge >= 0.3 is 5.97 Å². The van der Waals surface area contributed by atoms with Crippen LogP contribution in [0.1, 0.15) is 49.4 Å². The quantitative estimate of drug-likeness (QED) is 0.768. The molecule has 0 radical (unpaired) electrons. The molecule has 0 saturated carbocycles. The summed E-state index contributed by atoms with van der Waals surface area (Å²) in [5, 5.41) is 3.18. The van der Waals surface area contributed by atoms with E-state index < -0.39 is 5.60 Å². The smallest absolute Gasteiger partial charge is 0.336 e. The van der Waals surface area contributed by atoms with E-state index in [9.17, 15) is 4.79 Å². The molecule has 0 aromatic carbocycles. The normalized spacial score (nSPS) is 22.7. The van der Waals surface area contributed by atoms with Crippen molar-refractivity contribution in [2.75, 3.05) is 7.05 Å². The van der Waals surface area contributed by atoms with Crippen LogP contribution in [0.2, 0.25) is 0 Å². The van der Waals surface area contributed by atoms with Crippen LogP contribution in [0.25, 0.3) is 0 Å². The van der Waals surface area contributed by atoms with Crippen molar-refractivity contribution >= 4 is 5.97 Å². The van der Waals surface area contributed by atoms with Gasteiger partial charge in [-0.25, -0.2) is 4.79 Å². The standard InChI is InChI=1S/C13H21NO2.C2H6.H2/c1-12(2,3)16-11(15)10-8-6-7-9-13(10,4)14-5;1-2;/h6-8,14H,9H2,1-5H3;1-2H3;1H. The average Bonchev–Trinajstić information content (AvgIpc) is 2.30. The summed E-state index contributed by atoms with van der Waals surface area (Å²) in [5.74, 6) is -0.242. The molecule has 1 unspecified atom stereocenters. The Kier molecular flexibility index (Phi) is 6.33. The summed E-state index contributed by atoms with van der Waals surface area (Å²) in [4.78, 5) is 12.0. The Hall–Kier alpha value is -1.09. The SMILES string of the molecule is CC.CNC1(C)CC=CC=C1C(=O)OC(C)(C)C.[HH]. The second-order valence-corrected chi connectivity index (χ2v) is 5.30. The summed E-state index contributed by atoms with van der Waals surface area (Å²) < 4.78 is 5.39. The topological polar surface area (TPSA) is 38.3 Å². The highest BCUT2D eigenvalue weighted by molar-refractivity contribution is 5.92. The molecule has 0 heterocycles. The fourth-order valence-corrected chi connectivity index (χ4v) is 1.62. The van der Waals surface area contributed by atoms with Crippen molar-refractivity contribution in [1.29, 1.82) is 0 Å². The van der Waals surface area contributed by atoms with Crippen LogP contribution in [0.4, 0.5) is 0 Å². The van der Waals surface area contributed by atoms with Gasteiger partial charge in [0, 0.05) is 1.43 Å². The third-order valence-electron chi connectivity index (χ3n) is 2.69. The van der Waals surface area contributed by atoms with E-state index in [2.05, 4.69) is 5.32 Å². The van der Waals surface area contributed by atoms with Crippen LogP contribution in [0, 0.1) is 0 Å². The summed E-state index contributed by atoms with van der Waals surface area (Å²) in [5.41, 5.74) is -0.0856. The number of carbonyl (C=O) groups is 1. The van der Waals surface area contributed by atoms with E-state index in [0.29, 0.717) is 5.57 Å². The average molecular weight is 255 g/mol. The minimum absolute atomic E-state index is 0. The number of likely N-dealkylation sites (N-methyl/N-ethyl adjacent to an activating group) is 1. The largest absolute Gasteiger partial charge is 0.457 e. The van der Waals surface area contributed by atoms with E-state index in [1.54, 1.807) is 0 Å². The van der Waals surface area contributed by atoms with E-state index in [0.717, 1.165) is 6.42 Å². The van der Waals surface area contributed by atoms with Crippen LogP contribution in [0.15, 0.2) is 23.8 Å². The van der Waals surface area contributed by atoms with Gasteiger partial charge in [-0.3, -0.25) is 0 Å². The molecular formula is C15H29NO2. The van der Waals surface area contributed by atoms with Gasteiger partial charge in [-0.15, -0.1) is 0 Å². The Morgan fingerprint density at radius 3 is 2.44 bits per heavy atom. The van der Waals surface area contributed by atoms with Crippen LogP contribution in [0.3, 0.4) is 0 Å². The van der Waals surface area contributed by atoms with Gasteiger partial charge in [-0.2, -0.15) is 0 Å². The molecule has 0 aromatic rings. The lowest BCUT2D eigenvalue weighted by atomic mass is 9.85. The summed E-state index contributed by atoms with van der Waals surface area (Å²) >= 11 is 0. The monoisotopic (exact) mass is 255 g/mol. The minimum Gasteiger partial charge on any atom is -0.457 e. The van der Waals surface area contributed by atoms with Crippen molar-refractivity contribution in [3.63, 3.8) is 0 Å². The van der Waals surface area contributed by atoms with Gasteiger partial charge in [-0.1, -0.05) is 32.1 Å². The number of ether oxygens (including phenoxy) is 1.